The van der Waals surface area contributed by atoms with E-state index in [-0.39, 0.29) is 17.7 Å². The number of amides is 4. The largest absolute Gasteiger partial charge is 0.467 e. The number of furan rings is 1. The van der Waals surface area contributed by atoms with Crippen LogP contribution in [0.5, 0.6) is 0 Å². The van der Waals surface area contributed by atoms with E-state index in [0.717, 1.165) is 4.90 Å². The van der Waals surface area contributed by atoms with Crippen molar-refractivity contribution < 1.29 is 23.6 Å². The van der Waals surface area contributed by atoms with E-state index in [2.05, 4.69) is 10.6 Å². The van der Waals surface area contributed by atoms with Crippen molar-refractivity contribution in [3.8, 4) is 0 Å². The fourth-order valence-corrected chi connectivity index (χ4v) is 2.62. The number of hydrogen-bond donors (Lipinski definition) is 2. The fraction of sp³-hybridized carbons (Fsp3) is 0.222. The monoisotopic (exact) mass is 355 g/mol. The minimum absolute atomic E-state index is 0.199. The van der Waals surface area contributed by atoms with Gasteiger partial charge in [0.15, 0.2) is 0 Å². The lowest BCUT2D eigenvalue weighted by atomic mass is 10.1. The maximum atomic E-state index is 12.2. The van der Waals surface area contributed by atoms with Gasteiger partial charge in [0.1, 0.15) is 18.3 Å². The molecule has 1 aliphatic heterocycles. The third-order valence-corrected chi connectivity index (χ3v) is 3.97. The van der Waals surface area contributed by atoms with E-state index in [0.29, 0.717) is 5.76 Å². The molecule has 1 aliphatic rings. The first-order chi connectivity index (χ1) is 12.5. The first-order valence-electron chi connectivity index (χ1n) is 8.02. The highest BCUT2D eigenvalue weighted by molar-refractivity contribution is 6.22. The Bertz CT molecular complexity index is 824. The molecule has 4 amide bonds. The van der Waals surface area contributed by atoms with E-state index in [1.54, 1.807) is 24.3 Å². The summed E-state index contributed by atoms with van der Waals surface area (Å²) >= 11 is 0. The predicted octanol–water partition coefficient (Wildman–Crippen LogP) is 0.697. The molecule has 0 aliphatic carbocycles. The van der Waals surface area contributed by atoms with Crippen molar-refractivity contribution in [3.63, 3.8) is 0 Å². The van der Waals surface area contributed by atoms with Crippen molar-refractivity contribution in [3.05, 3.63) is 59.5 Å². The second kappa shape index (κ2) is 7.22. The Morgan fingerprint density at radius 2 is 1.73 bits per heavy atom. The van der Waals surface area contributed by atoms with Gasteiger partial charge in [-0.25, -0.2) is 0 Å². The van der Waals surface area contributed by atoms with Crippen LogP contribution in [-0.2, 0) is 16.1 Å². The van der Waals surface area contributed by atoms with Gasteiger partial charge >= 0.3 is 0 Å². The number of nitrogens with zero attached hydrogens (tertiary/aromatic N) is 1. The van der Waals surface area contributed by atoms with E-state index >= 15 is 0 Å². The first-order valence-corrected chi connectivity index (χ1v) is 8.02. The second-order valence-electron chi connectivity index (χ2n) is 5.83. The normalized spacial score (nSPS) is 14.1. The maximum Gasteiger partial charge on any atom is 0.262 e. The summed E-state index contributed by atoms with van der Waals surface area (Å²) in [5.41, 5.74) is 0.545. The van der Waals surface area contributed by atoms with Crippen LogP contribution in [0.25, 0.3) is 0 Å². The van der Waals surface area contributed by atoms with Gasteiger partial charge in [-0.15, -0.1) is 0 Å². The molecule has 0 spiro atoms. The topological polar surface area (TPSA) is 109 Å². The zero-order chi connectivity index (χ0) is 18.7. The van der Waals surface area contributed by atoms with Crippen LogP contribution in [-0.4, -0.2) is 41.1 Å². The van der Waals surface area contributed by atoms with Gasteiger partial charge in [-0.1, -0.05) is 12.1 Å². The van der Waals surface area contributed by atoms with Crippen molar-refractivity contribution in [1.29, 1.82) is 0 Å². The maximum absolute atomic E-state index is 12.2. The zero-order valence-corrected chi connectivity index (χ0v) is 14.0. The molecule has 1 aromatic heterocycles. The lowest BCUT2D eigenvalue weighted by Gasteiger charge is -2.17. The molecule has 0 saturated carbocycles. The van der Waals surface area contributed by atoms with Crippen LogP contribution in [0.4, 0.5) is 0 Å². The van der Waals surface area contributed by atoms with Gasteiger partial charge in [0.05, 0.1) is 23.9 Å². The van der Waals surface area contributed by atoms with E-state index in [1.807, 2.05) is 0 Å². The Morgan fingerprint density at radius 1 is 1.08 bits per heavy atom. The summed E-state index contributed by atoms with van der Waals surface area (Å²) in [6, 6.07) is 8.97. The van der Waals surface area contributed by atoms with Crippen LogP contribution in [0.1, 0.15) is 33.4 Å². The summed E-state index contributed by atoms with van der Waals surface area (Å²) in [7, 11) is 0. The number of carbonyl (C=O) groups is 4. The summed E-state index contributed by atoms with van der Waals surface area (Å²) in [5.74, 6) is -1.45. The Labute approximate surface area is 149 Å². The van der Waals surface area contributed by atoms with E-state index in [4.69, 9.17) is 4.42 Å². The molecule has 0 saturated heterocycles. The number of carbonyl (C=O) groups excluding carboxylic acids is 4. The zero-order valence-electron chi connectivity index (χ0n) is 14.0. The molecule has 8 nitrogen and oxygen atoms in total. The number of benzene rings is 1. The number of nitrogens with one attached hydrogen (secondary N) is 2. The summed E-state index contributed by atoms with van der Waals surface area (Å²) in [6.45, 7) is 1.27. The van der Waals surface area contributed by atoms with Crippen molar-refractivity contribution in [2.24, 2.45) is 0 Å². The smallest absolute Gasteiger partial charge is 0.262 e. The number of fused-ring (bicyclic) bond motifs is 1. The minimum Gasteiger partial charge on any atom is -0.467 e. The van der Waals surface area contributed by atoms with Crippen LogP contribution >= 0.6 is 0 Å². The third kappa shape index (κ3) is 3.49. The Hall–Kier alpha value is -3.42. The van der Waals surface area contributed by atoms with Crippen molar-refractivity contribution >= 4 is 23.6 Å². The average Bonchev–Trinajstić information content (AvgIpc) is 3.23. The highest BCUT2D eigenvalue weighted by Crippen LogP contribution is 2.21. The van der Waals surface area contributed by atoms with Gasteiger partial charge in [0.2, 0.25) is 11.8 Å². The molecule has 134 valence electrons. The summed E-state index contributed by atoms with van der Waals surface area (Å²) in [6.07, 6.45) is 1.49. The molecule has 0 radical (unpaired) electrons. The molecule has 2 N–H and O–H groups in total. The number of rotatable bonds is 6. The van der Waals surface area contributed by atoms with Crippen molar-refractivity contribution in [1.82, 2.24) is 15.5 Å². The molecule has 2 heterocycles. The van der Waals surface area contributed by atoms with Crippen molar-refractivity contribution in [2.75, 3.05) is 6.54 Å². The average molecular weight is 355 g/mol. The van der Waals surface area contributed by atoms with Gasteiger partial charge in [-0.05, 0) is 31.2 Å². The highest BCUT2D eigenvalue weighted by atomic mass is 16.3. The predicted molar refractivity (Wildman–Crippen MR) is 90.0 cm³/mol. The van der Waals surface area contributed by atoms with E-state index in [9.17, 15) is 19.2 Å². The second-order valence-corrected chi connectivity index (χ2v) is 5.83. The summed E-state index contributed by atoms with van der Waals surface area (Å²) < 4.78 is 5.10. The standard InChI is InChI=1S/C18H17N3O5/c1-11(16(23)19-9-12-5-4-8-26-12)20-15(22)10-21-17(24)13-6-2-3-7-14(13)18(21)25/h2-8,11H,9-10H2,1H3,(H,19,23)(H,20,22)/t11-/m0/s1. The number of hydrogen-bond acceptors (Lipinski definition) is 5. The minimum atomic E-state index is -0.826. The van der Waals surface area contributed by atoms with Gasteiger partial charge in [0, 0.05) is 0 Å². The van der Waals surface area contributed by atoms with Crippen molar-refractivity contribution in [2.45, 2.75) is 19.5 Å². The molecular weight excluding hydrogens is 338 g/mol. The molecular formula is C18H17N3O5. The molecule has 1 atom stereocenters. The van der Waals surface area contributed by atoms with Gasteiger partial charge in [-0.3, -0.25) is 24.1 Å². The Balaban J connectivity index is 1.53. The van der Waals surface area contributed by atoms with Crippen LogP contribution in [0.3, 0.4) is 0 Å². The quantitative estimate of drug-likeness (QED) is 0.742. The van der Waals surface area contributed by atoms with Crippen LogP contribution in [0.2, 0.25) is 0 Å². The van der Waals surface area contributed by atoms with Gasteiger partial charge in [-0.2, -0.15) is 0 Å². The van der Waals surface area contributed by atoms with Crippen LogP contribution in [0, 0.1) is 0 Å². The molecule has 0 fully saturated rings. The van der Waals surface area contributed by atoms with Gasteiger partial charge in [0.25, 0.3) is 11.8 Å². The molecule has 0 unspecified atom stereocenters. The molecule has 8 heteroatoms. The van der Waals surface area contributed by atoms with E-state index < -0.39 is 36.2 Å². The lowest BCUT2D eigenvalue weighted by molar-refractivity contribution is -0.128. The Kier molecular flexibility index (Phi) is 4.83. The number of imide groups is 1. The molecule has 0 bridgehead atoms. The van der Waals surface area contributed by atoms with Crippen LogP contribution in [0.15, 0.2) is 47.1 Å². The molecule has 1 aromatic carbocycles. The molecule has 2 aromatic rings. The molecule has 26 heavy (non-hydrogen) atoms. The Morgan fingerprint density at radius 3 is 2.31 bits per heavy atom. The van der Waals surface area contributed by atoms with E-state index in [1.165, 1.54) is 25.3 Å². The van der Waals surface area contributed by atoms with Crippen LogP contribution < -0.4 is 10.6 Å². The molecule has 3 rings (SSSR count). The summed E-state index contributed by atoms with van der Waals surface area (Å²) in [4.78, 5) is 49.5. The highest BCUT2D eigenvalue weighted by Gasteiger charge is 2.36. The third-order valence-electron chi connectivity index (χ3n) is 3.97. The SMILES string of the molecule is C[C@H](NC(=O)CN1C(=O)c2ccccc2C1=O)C(=O)NCc1ccco1. The summed E-state index contributed by atoms with van der Waals surface area (Å²) in [5, 5.41) is 5.10. The lowest BCUT2D eigenvalue weighted by Crippen LogP contribution is -2.48. The van der Waals surface area contributed by atoms with Gasteiger partial charge < -0.3 is 15.1 Å². The first kappa shape index (κ1) is 17.4. The fourth-order valence-electron chi connectivity index (χ4n) is 2.62.